The van der Waals surface area contributed by atoms with Crippen molar-refractivity contribution in [1.82, 2.24) is 9.78 Å². The minimum atomic E-state index is -0.102. The second kappa shape index (κ2) is 7.19. The fraction of sp³-hybridized carbons (Fsp3) is 0.667. The molecule has 0 unspecified atom stereocenters. The van der Waals surface area contributed by atoms with Crippen LogP contribution < -0.4 is 10.5 Å². The zero-order valence-corrected chi connectivity index (χ0v) is 13.7. The molecular formula is C12H20BrN3OS. The second-order valence-electron chi connectivity index (χ2n) is 4.22. The molecule has 1 heterocycles. The number of thioether (sulfide) groups is 1. The van der Waals surface area contributed by atoms with Crippen LogP contribution in [0.1, 0.15) is 20.3 Å². The lowest BCUT2D eigenvalue weighted by Crippen LogP contribution is -2.32. The predicted octanol–water partition coefficient (Wildman–Crippen LogP) is 2.51. The first-order valence-corrected chi connectivity index (χ1v) is 7.96. The highest BCUT2D eigenvalue weighted by molar-refractivity contribution is 9.10. The number of nitrogens with zero attached hydrogens (tertiary/aromatic N) is 3. The standard InChI is InChI=1S/C12H20BrN3OS/c1-5-18-7-6-9(2)15(3)10-8-14-16(4)12(17)11(10)13/h8-9H,5-7H2,1-4H3/t9-/m1/s1. The van der Waals surface area contributed by atoms with Gasteiger partial charge in [0.05, 0.1) is 11.9 Å². The fourth-order valence-corrected chi connectivity index (χ4v) is 3.01. The highest BCUT2D eigenvalue weighted by Gasteiger charge is 2.15. The molecular weight excluding hydrogens is 314 g/mol. The maximum Gasteiger partial charge on any atom is 0.282 e. The molecule has 18 heavy (non-hydrogen) atoms. The van der Waals surface area contributed by atoms with E-state index in [0.717, 1.165) is 23.6 Å². The minimum absolute atomic E-state index is 0.102. The van der Waals surface area contributed by atoms with Crippen LogP contribution in [-0.4, -0.2) is 34.4 Å². The largest absolute Gasteiger partial charge is 0.369 e. The molecule has 0 amide bonds. The smallest absolute Gasteiger partial charge is 0.282 e. The van der Waals surface area contributed by atoms with Gasteiger partial charge in [-0.1, -0.05) is 6.92 Å². The van der Waals surface area contributed by atoms with Gasteiger partial charge in [-0.3, -0.25) is 4.79 Å². The van der Waals surface area contributed by atoms with Crippen LogP contribution in [0.3, 0.4) is 0 Å². The van der Waals surface area contributed by atoms with E-state index in [1.165, 1.54) is 4.68 Å². The molecule has 0 fully saturated rings. The predicted molar refractivity (Wildman–Crippen MR) is 82.7 cm³/mol. The van der Waals surface area contributed by atoms with Crippen LogP contribution >= 0.6 is 27.7 Å². The average Bonchev–Trinajstić information content (AvgIpc) is 2.35. The molecule has 1 aromatic rings. The van der Waals surface area contributed by atoms with Gasteiger partial charge in [-0.05, 0) is 40.8 Å². The lowest BCUT2D eigenvalue weighted by molar-refractivity contribution is 0.651. The number of halogens is 1. The van der Waals surface area contributed by atoms with Crippen LogP contribution in [0.2, 0.25) is 0 Å². The summed E-state index contributed by atoms with van der Waals surface area (Å²) in [7, 11) is 3.65. The van der Waals surface area contributed by atoms with Gasteiger partial charge in [0.1, 0.15) is 4.47 Å². The molecule has 102 valence electrons. The molecule has 1 atom stereocenters. The van der Waals surface area contributed by atoms with Crippen LogP contribution in [0.25, 0.3) is 0 Å². The van der Waals surface area contributed by atoms with E-state index < -0.39 is 0 Å². The molecule has 4 nitrogen and oxygen atoms in total. The van der Waals surface area contributed by atoms with E-state index in [1.807, 2.05) is 18.8 Å². The van der Waals surface area contributed by atoms with Crippen LogP contribution in [0.4, 0.5) is 5.69 Å². The maximum absolute atomic E-state index is 11.8. The number of anilines is 1. The monoisotopic (exact) mass is 333 g/mol. The Kier molecular flexibility index (Phi) is 6.21. The van der Waals surface area contributed by atoms with Gasteiger partial charge in [0.2, 0.25) is 0 Å². The molecule has 0 N–H and O–H groups in total. The van der Waals surface area contributed by atoms with E-state index >= 15 is 0 Å². The maximum atomic E-state index is 11.8. The summed E-state index contributed by atoms with van der Waals surface area (Å²) in [6, 6.07) is 0.384. The first-order chi connectivity index (χ1) is 8.49. The number of hydrogen-bond donors (Lipinski definition) is 0. The highest BCUT2D eigenvalue weighted by Crippen LogP contribution is 2.23. The van der Waals surface area contributed by atoms with Crippen LogP contribution in [-0.2, 0) is 7.05 Å². The number of rotatable bonds is 6. The lowest BCUT2D eigenvalue weighted by atomic mass is 10.2. The van der Waals surface area contributed by atoms with Crippen molar-refractivity contribution in [2.24, 2.45) is 7.05 Å². The van der Waals surface area contributed by atoms with Gasteiger partial charge < -0.3 is 4.90 Å². The molecule has 6 heteroatoms. The third-order valence-corrected chi connectivity index (χ3v) is 4.66. The van der Waals surface area contributed by atoms with Gasteiger partial charge in [0.15, 0.2) is 0 Å². The van der Waals surface area contributed by atoms with Gasteiger partial charge in [-0.15, -0.1) is 0 Å². The van der Waals surface area contributed by atoms with E-state index in [-0.39, 0.29) is 5.56 Å². The van der Waals surface area contributed by atoms with Crippen molar-refractivity contribution in [3.8, 4) is 0 Å². The van der Waals surface area contributed by atoms with Crippen molar-refractivity contribution in [2.75, 3.05) is 23.5 Å². The van der Waals surface area contributed by atoms with Gasteiger partial charge in [-0.2, -0.15) is 16.9 Å². The van der Waals surface area contributed by atoms with Crippen LogP contribution in [0.15, 0.2) is 15.5 Å². The Balaban J connectivity index is 2.80. The first kappa shape index (κ1) is 15.6. The summed E-state index contributed by atoms with van der Waals surface area (Å²) in [6.45, 7) is 4.33. The molecule has 0 aromatic carbocycles. The van der Waals surface area contributed by atoms with E-state index in [4.69, 9.17) is 0 Å². The molecule has 0 aliphatic rings. The molecule has 0 aliphatic heterocycles. The Bertz CT molecular complexity index is 449. The van der Waals surface area contributed by atoms with Crippen molar-refractivity contribution < 1.29 is 0 Å². The van der Waals surface area contributed by atoms with Crippen molar-refractivity contribution >= 4 is 33.4 Å². The Morgan fingerprint density at radius 2 is 2.28 bits per heavy atom. The van der Waals surface area contributed by atoms with Crippen molar-refractivity contribution in [3.63, 3.8) is 0 Å². The third kappa shape index (κ3) is 3.75. The Labute approximate surface area is 121 Å². The van der Waals surface area contributed by atoms with Crippen LogP contribution in [0, 0.1) is 0 Å². The highest BCUT2D eigenvalue weighted by atomic mass is 79.9. The summed E-state index contributed by atoms with van der Waals surface area (Å²) in [5, 5.41) is 4.07. The van der Waals surface area contributed by atoms with Gasteiger partial charge in [-0.25, -0.2) is 4.68 Å². The quantitative estimate of drug-likeness (QED) is 0.750. The topological polar surface area (TPSA) is 38.1 Å². The molecule has 0 saturated heterocycles. The van der Waals surface area contributed by atoms with Gasteiger partial charge in [0.25, 0.3) is 5.56 Å². The van der Waals surface area contributed by atoms with E-state index in [2.05, 4.69) is 39.8 Å². The first-order valence-electron chi connectivity index (χ1n) is 6.01. The Morgan fingerprint density at radius 3 is 2.89 bits per heavy atom. The van der Waals surface area contributed by atoms with Gasteiger partial charge in [0, 0.05) is 20.1 Å². The lowest BCUT2D eigenvalue weighted by Gasteiger charge is -2.27. The number of aromatic nitrogens is 2. The molecule has 0 spiro atoms. The molecule has 0 saturated carbocycles. The summed E-state index contributed by atoms with van der Waals surface area (Å²) >= 11 is 5.30. The Morgan fingerprint density at radius 1 is 1.61 bits per heavy atom. The summed E-state index contributed by atoms with van der Waals surface area (Å²) in [6.07, 6.45) is 2.83. The fourth-order valence-electron chi connectivity index (χ4n) is 1.58. The van der Waals surface area contributed by atoms with Crippen LogP contribution in [0.5, 0.6) is 0 Å². The van der Waals surface area contributed by atoms with Crippen molar-refractivity contribution in [2.45, 2.75) is 26.3 Å². The normalized spacial score (nSPS) is 12.5. The average molecular weight is 334 g/mol. The zero-order chi connectivity index (χ0) is 13.7. The van der Waals surface area contributed by atoms with Crippen molar-refractivity contribution in [3.05, 3.63) is 21.0 Å². The third-order valence-electron chi connectivity index (χ3n) is 2.99. The molecule has 1 aromatic heterocycles. The summed E-state index contributed by atoms with van der Waals surface area (Å²) in [4.78, 5) is 13.9. The van der Waals surface area contributed by atoms with Gasteiger partial charge >= 0.3 is 0 Å². The molecule has 0 bridgehead atoms. The van der Waals surface area contributed by atoms with E-state index in [1.54, 1.807) is 13.2 Å². The molecule has 0 aliphatic carbocycles. The van der Waals surface area contributed by atoms with Crippen molar-refractivity contribution in [1.29, 1.82) is 0 Å². The molecule has 1 rings (SSSR count). The molecule has 0 radical (unpaired) electrons. The van der Waals surface area contributed by atoms with E-state index in [9.17, 15) is 4.79 Å². The zero-order valence-electron chi connectivity index (χ0n) is 11.3. The second-order valence-corrected chi connectivity index (χ2v) is 6.40. The summed E-state index contributed by atoms with van der Waals surface area (Å²) in [5.74, 6) is 2.28. The summed E-state index contributed by atoms with van der Waals surface area (Å²) in [5.41, 5.74) is 0.751. The summed E-state index contributed by atoms with van der Waals surface area (Å²) < 4.78 is 1.91. The van der Waals surface area contributed by atoms with E-state index in [0.29, 0.717) is 10.5 Å². The number of aryl methyl sites for hydroxylation is 1. The minimum Gasteiger partial charge on any atom is -0.369 e. The Hall–Kier alpha value is -0.490. The SMILES string of the molecule is CCSCC[C@@H](C)N(C)c1cnn(C)c(=O)c1Br. The number of hydrogen-bond acceptors (Lipinski definition) is 4.